The molecular formula is C18H19N3OS2. The molecule has 0 radical (unpaired) electrons. The Balaban J connectivity index is 1.64. The molecule has 0 N–H and O–H groups in total. The molecule has 0 saturated carbocycles. The lowest BCUT2D eigenvalue weighted by molar-refractivity contribution is 0.102. The first-order chi connectivity index (χ1) is 11.7. The van der Waals surface area contributed by atoms with E-state index in [4.69, 9.17) is 0 Å². The van der Waals surface area contributed by atoms with E-state index >= 15 is 0 Å². The molecule has 0 amide bonds. The van der Waals surface area contributed by atoms with Crippen molar-refractivity contribution >= 4 is 28.9 Å². The fraction of sp³-hybridized carbons (Fsp3) is 0.278. The summed E-state index contributed by atoms with van der Waals surface area (Å²) >= 11 is 3.06. The Kier molecular flexibility index (Phi) is 5.48. The summed E-state index contributed by atoms with van der Waals surface area (Å²) in [6.07, 6.45) is 2.16. The van der Waals surface area contributed by atoms with Crippen LogP contribution in [-0.4, -0.2) is 26.3 Å². The van der Waals surface area contributed by atoms with Gasteiger partial charge in [0, 0.05) is 12.6 Å². The number of aromatic nitrogens is 3. The fourth-order valence-electron chi connectivity index (χ4n) is 2.42. The molecule has 2 aromatic heterocycles. The number of hydrogen-bond donors (Lipinski definition) is 0. The van der Waals surface area contributed by atoms with E-state index < -0.39 is 0 Å². The van der Waals surface area contributed by atoms with Gasteiger partial charge in [0.05, 0.1) is 10.6 Å². The molecule has 0 fully saturated rings. The normalized spacial score (nSPS) is 10.9. The number of nitrogens with zero attached hydrogens (tertiary/aromatic N) is 3. The largest absolute Gasteiger partial charge is 0.304 e. The smallest absolute Gasteiger partial charge is 0.191 e. The lowest BCUT2D eigenvalue weighted by Crippen LogP contribution is -2.04. The molecule has 0 atom stereocenters. The van der Waals surface area contributed by atoms with Crippen molar-refractivity contribution in [2.24, 2.45) is 7.05 Å². The summed E-state index contributed by atoms with van der Waals surface area (Å²) in [5, 5.41) is 11.2. The Labute approximate surface area is 149 Å². The molecule has 2 heterocycles. The van der Waals surface area contributed by atoms with E-state index in [1.807, 2.05) is 53.4 Å². The van der Waals surface area contributed by atoms with E-state index in [-0.39, 0.29) is 5.78 Å². The van der Waals surface area contributed by atoms with Crippen LogP contribution in [0, 0.1) is 0 Å². The number of aryl methyl sites for hydroxylation is 1. The molecule has 124 valence electrons. The molecule has 0 unspecified atom stereocenters. The zero-order valence-electron chi connectivity index (χ0n) is 13.7. The number of rotatable bonds is 7. The summed E-state index contributed by atoms with van der Waals surface area (Å²) in [5.41, 5.74) is 2.03. The highest BCUT2D eigenvalue weighted by Gasteiger charge is 2.14. The van der Waals surface area contributed by atoms with Crippen molar-refractivity contribution in [3.63, 3.8) is 0 Å². The average molecular weight is 358 g/mol. The summed E-state index contributed by atoms with van der Waals surface area (Å²) in [6.45, 7) is 2.15. The number of thioether (sulfide) groups is 1. The van der Waals surface area contributed by atoms with Crippen molar-refractivity contribution in [1.82, 2.24) is 14.8 Å². The first-order valence-electron chi connectivity index (χ1n) is 7.87. The monoisotopic (exact) mass is 357 g/mol. The Hall–Kier alpha value is -1.92. The van der Waals surface area contributed by atoms with Gasteiger partial charge in [-0.2, -0.15) is 0 Å². The second-order valence-corrected chi connectivity index (χ2v) is 7.39. The highest BCUT2D eigenvalue weighted by Crippen LogP contribution is 2.26. The van der Waals surface area contributed by atoms with Gasteiger partial charge < -0.3 is 4.57 Å². The van der Waals surface area contributed by atoms with Crippen LogP contribution in [0.3, 0.4) is 0 Å². The minimum absolute atomic E-state index is 0.115. The van der Waals surface area contributed by atoms with Crippen LogP contribution in [0.2, 0.25) is 0 Å². The summed E-state index contributed by atoms with van der Waals surface area (Å²) in [4.78, 5) is 13.4. The lowest BCUT2D eigenvalue weighted by Gasteiger charge is -2.04. The topological polar surface area (TPSA) is 47.8 Å². The molecule has 0 spiro atoms. The number of benzene rings is 1. The Morgan fingerprint density at radius 1 is 1.21 bits per heavy atom. The zero-order valence-corrected chi connectivity index (χ0v) is 15.4. The molecule has 0 aliphatic rings. The molecule has 3 rings (SSSR count). The van der Waals surface area contributed by atoms with Crippen LogP contribution in [0.1, 0.15) is 29.3 Å². The minimum atomic E-state index is 0.115. The van der Waals surface area contributed by atoms with E-state index in [1.54, 1.807) is 11.3 Å². The molecule has 0 bridgehead atoms. The number of thiophene rings is 1. The van der Waals surface area contributed by atoms with Crippen LogP contribution >= 0.6 is 23.1 Å². The second-order valence-electron chi connectivity index (χ2n) is 5.50. The highest BCUT2D eigenvalue weighted by atomic mass is 32.2. The molecule has 0 aliphatic carbocycles. The maximum absolute atomic E-state index is 12.4. The van der Waals surface area contributed by atoms with Gasteiger partial charge in [0.1, 0.15) is 0 Å². The van der Waals surface area contributed by atoms with E-state index in [2.05, 4.69) is 17.1 Å². The van der Waals surface area contributed by atoms with Gasteiger partial charge in [0.15, 0.2) is 16.8 Å². The van der Waals surface area contributed by atoms with Gasteiger partial charge in [-0.1, -0.05) is 55.4 Å². The number of hydrogen-bond acceptors (Lipinski definition) is 5. The van der Waals surface area contributed by atoms with Gasteiger partial charge in [-0.15, -0.1) is 21.5 Å². The first kappa shape index (κ1) is 16.9. The van der Waals surface area contributed by atoms with Gasteiger partial charge in [-0.05, 0) is 23.4 Å². The predicted octanol–water partition coefficient (Wildman–Crippen LogP) is 4.47. The van der Waals surface area contributed by atoms with Crippen LogP contribution in [0.4, 0.5) is 0 Å². The van der Waals surface area contributed by atoms with E-state index in [0.29, 0.717) is 5.75 Å². The predicted molar refractivity (Wildman–Crippen MR) is 99.8 cm³/mol. The summed E-state index contributed by atoms with van der Waals surface area (Å²) in [5.74, 6) is 1.32. The average Bonchev–Trinajstić information content (AvgIpc) is 3.23. The molecule has 0 saturated heterocycles. The Morgan fingerprint density at radius 2 is 2.00 bits per heavy atom. The van der Waals surface area contributed by atoms with Crippen LogP contribution in [0.5, 0.6) is 0 Å². The quantitative estimate of drug-likeness (QED) is 0.462. The SMILES string of the molecule is CCCc1ccc(C(=O)CSc2nnc(-c3cccs3)n2C)cc1. The summed E-state index contributed by atoms with van der Waals surface area (Å²) in [7, 11) is 1.93. The van der Waals surface area contributed by atoms with Crippen molar-refractivity contribution in [2.75, 3.05) is 5.75 Å². The van der Waals surface area contributed by atoms with Crippen LogP contribution in [0.25, 0.3) is 10.7 Å². The fourth-order valence-corrected chi connectivity index (χ4v) is 3.97. The van der Waals surface area contributed by atoms with E-state index in [9.17, 15) is 4.79 Å². The zero-order chi connectivity index (χ0) is 16.9. The number of carbonyl (C=O) groups is 1. The third kappa shape index (κ3) is 3.76. The molecule has 24 heavy (non-hydrogen) atoms. The lowest BCUT2D eigenvalue weighted by atomic mass is 10.1. The van der Waals surface area contributed by atoms with Gasteiger partial charge in [0.2, 0.25) is 0 Å². The van der Waals surface area contributed by atoms with Crippen molar-refractivity contribution in [1.29, 1.82) is 0 Å². The summed E-state index contributed by atoms with van der Waals surface area (Å²) in [6, 6.07) is 11.9. The van der Waals surface area contributed by atoms with Gasteiger partial charge in [-0.25, -0.2) is 0 Å². The third-order valence-electron chi connectivity index (χ3n) is 3.72. The Bertz CT molecular complexity index is 807. The standard InChI is InChI=1S/C18H19N3OS2/c1-3-5-13-7-9-14(10-8-13)15(22)12-24-18-20-19-17(21(18)2)16-6-4-11-23-16/h4,6-11H,3,5,12H2,1-2H3. The minimum Gasteiger partial charge on any atom is -0.304 e. The third-order valence-corrected chi connectivity index (χ3v) is 5.61. The summed E-state index contributed by atoms with van der Waals surface area (Å²) < 4.78 is 1.94. The van der Waals surface area contributed by atoms with Gasteiger partial charge >= 0.3 is 0 Å². The number of Topliss-reactive ketones (excluding diaryl/α,β-unsaturated/α-hetero) is 1. The van der Waals surface area contributed by atoms with Gasteiger partial charge in [0.25, 0.3) is 0 Å². The highest BCUT2D eigenvalue weighted by molar-refractivity contribution is 7.99. The molecule has 4 nitrogen and oxygen atoms in total. The van der Waals surface area contributed by atoms with Crippen molar-refractivity contribution in [2.45, 2.75) is 24.9 Å². The van der Waals surface area contributed by atoms with E-state index in [0.717, 1.165) is 34.3 Å². The van der Waals surface area contributed by atoms with Crippen LogP contribution in [0.15, 0.2) is 46.9 Å². The molecule has 6 heteroatoms. The van der Waals surface area contributed by atoms with Crippen molar-refractivity contribution < 1.29 is 4.79 Å². The molecule has 1 aromatic carbocycles. The number of ketones is 1. The van der Waals surface area contributed by atoms with Crippen molar-refractivity contribution in [3.8, 4) is 10.7 Å². The Morgan fingerprint density at radius 3 is 2.67 bits per heavy atom. The van der Waals surface area contributed by atoms with Crippen molar-refractivity contribution in [3.05, 3.63) is 52.9 Å². The first-order valence-corrected chi connectivity index (χ1v) is 9.73. The van der Waals surface area contributed by atoms with Crippen LogP contribution < -0.4 is 0 Å². The molecule has 0 aliphatic heterocycles. The van der Waals surface area contributed by atoms with Gasteiger partial charge in [-0.3, -0.25) is 4.79 Å². The van der Waals surface area contributed by atoms with E-state index in [1.165, 1.54) is 17.3 Å². The molecule has 3 aromatic rings. The van der Waals surface area contributed by atoms with Crippen LogP contribution in [-0.2, 0) is 13.5 Å². The second kappa shape index (κ2) is 7.77. The molecular weight excluding hydrogens is 338 g/mol. The maximum Gasteiger partial charge on any atom is 0.191 e. The number of carbonyl (C=O) groups excluding carboxylic acids is 1. The maximum atomic E-state index is 12.4.